The number of aliphatic hydroxyl groups is 1. The Balaban J connectivity index is 1.59. The van der Waals surface area contributed by atoms with Crippen LogP contribution in [0, 0.1) is 20.8 Å². The summed E-state index contributed by atoms with van der Waals surface area (Å²) in [5.41, 5.74) is 2.26. The molecule has 0 aliphatic rings. The van der Waals surface area contributed by atoms with Gasteiger partial charge in [-0.15, -0.1) is 0 Å². The van der Waals surface area contributed by atoms with Gasteiger partial charge in [0, 0.05) is 6.54 Å². The fourth-order valence-corrected chi connectivity index (χ4v) is 3.10. The molecule has 27 heavy (non-hydrogen) atoms. The van der Waals surface area contributed by atoms with Gasteiger partial charge in [0.15, 0.2) is 0 Å². The van der Waals surface area contributed by atoms with Gasteiger partial charge < -0.3 is 18.7 Å². The molecule has 144 valence electrons. The zero-order valence-electron chi connectivity index (χ0n) is 16.1. The number of rotatable bonds is 9. The molecule has 3 aromatic rings. The Morgan fingerprint density at radius 2 is 1.85 bits per heavy atom. The fraction of sp³-hybridized carbons (Fsp3) is 0.364. The third-order valence-corrected chi connectivity index (χ3v) is 4.37. The number of furan rings is 2. The highest BCUT2D eigenvalue weighted by Gasteiger charge is 2.16. The summed E-state index contributed by atoms with van der Waals surface area (Å²) < 4.78 is 17.0. The molecule has 0 fully saturated rings. The third-order valence-electron chi connectivity index (χ3n) is 4.37. The van der Waals surface area contributed by atoms with Crippen LogP contribution in [-0.4, -0.2) is 29.3 Å². The van der Waals surface area contributed by atoms with E-state index in [1.54, 1.807) is 6.26 Å². The van der Waals surface area contributed by atoms with E-state index in [2.05, 4.69) is 17.9 Å². The highest BCUT2D eigenvalue weighted by atomic mass is 16.5. The molecule has 0 radical (unpaired) electrons. The summed E-state index contributed by atoms with van der Waals surface area (Å²) in [6.07, 6.45) is 1.03. The van der Waals surface area contributed by atoms with Crippen LogP contribution in [0.4, 0.5) is 0 Å². The van der Waals surface area contributed by atoms with E-state index < -0.39 is 6.10 Å². The number of nitrogens with zero attached hydrogens (tertiary/aromatic N) is 1. The summed E-state index contributed by atoms with van der Waals surface area (Å²) >= 11 is 0. The van der Waals surface area contributed by atoms with Crippen LogP contribution in [0.3, 0.4) is 0 Å². The number of aryl methyl sites for hydroxylation is 3. The number of aliphatic hydroxyl groups excluding tert-OH is 1. The molecule has 0 saturated heterocycles. The molecule has 0 amide bonds. The lowest BCUT2D eigenvalue weighted by atomic mass is 10.1. The highest BCUT2D eigenvalue weighted by Crippen LogP contribution is 2.19. The molecular weight excluding hydrogens is 342 g/mol. The Hall–Kier alpha value is -2.50. The standard InChI is InChI=1S/C22H27NO4/c1-16-6-9-22(17(2)11-16)26-15-19(24)12-23(13-20-5-4-10-25-20)14-21-8-7-18(3)27-21/h4-11,19,24H,12-15H2,1-3H3. The molecule has 1 aromatic carbocycles. The van der Waals surface area contributed by atoms with Gasteiger partial charge in [0.25, 0.3) is 0 Å². The average molecular weight is 369 g/mol. The van der Waals surface area contributed by atoms with Gasteiger partial charge in [0.1, 0.15) is 35.7 Å². The Morgan fingerprint density at radius 3 is 2.52 bits per heavy atom. The molecule has 0 bridgehead atoms. The minimum atomic E-state index is -0.628. The first-order valence-corrected chi connectivity index (χ1v) is 9.18. The van der Waals surface area contributed by atoms with E-state index in [4.69, 9.17) is 13.6 Å². The van der Waals surface area contributed by atoms with Crippen molar-refractivity contribution in [2.24, 2.45) is 0 Å². The molecule has 2 heterocycles. The largest absolute Gasteiger partial charge is 0.491 e. The van der Waals surface area contributed by atoms with Gasteiger partial charge >= 0.3 is 0 Å². The lowest BCUT2D eigenvalue weighted by Gasteiger charge is -2.23. The van der Waals surface area contributed by atoms with Gasteiger partial charge in [-0.1, -0.05) is 17.7 Å². The van der Waals surface area contributed by atoms with Crippen molar-refractivity contribution in [2.75, 3.05) is 13.2 Å². The lowest BCUT2D eigenvalue weighted by Crippen LogP contribution is -2.35. The predicted octanol–water partition coefficient (Wildman–Crippen LogP) is 4.24. The van der Waals surface area contributed by atoms with Crippen LogP contribution >= 0.6 is 0 Å². The normalized spacial score (nSPS) is 12.5. The first-order valence-electron chi connectivity index (χ1n) is 9.18. The first kappa shape index (κ1) is 19.3. The molecule has 0 aliphatic heterocycles. The van der Waals surface area contributed by atoms with Crippen LogP contribution in [0.1, 0.15) is 28.4 Å². The van der Waals surface area contributed by atoms with E-state index in [1.165, 1.54) is 5.56 Å². The first-order chi connectivity index (χ1) is 13.0. The van der Waals surface area contributed by atoms with Gasteiger partial charge in [-0.25, -0.2) is 0 Å². The molecule has 5 heteroatoms. The van der Waals surface area contributed by atoms with E-state index in [1.807, 2.05) is 50.2 Å². The van der Waals surface area contributed by atoms with Crippen LogP contribution in [0.2, 0.25) is 0 Å². The van der Waals surface area contributed by atoms with Crippen molar-refractivity contribution in [2.45, 2.75) is 40.0 Å². The number of benzene rings is 1. The molecule has 2 aromatic heterocycles. The molecule has 0 aliphatic carbocycles. The average Bonchev–Trinajstić information content (AvgIpc) is 3.26. The predicted molar refractivity (Wildman–Crippen MR) is 104 cm³/mol. The van der Waals surface area contributed by atoms with Crippen LogP contribution < -0.4 is 4.74 Å². The number of hydrogen-bond donors (Lipinski definition) is 1. The van der Waals surface area contributed by atoms with Crippen molar-refractivity contribution in [3.63, 3.8) is 0 Å². The molecule has 0 saturated carbocycles. The zero-order valence-corrected chi connectivity index (χ0v) is 16.1. The SMILES string of the molecule is Cc1ccc(OCC(O)CN(Cc2ccco2)Cc2ccc(C)o2)c(C)c1. The number of hydrogen-bond acceptors (Lipinski definition) is 5. The monoisotopic (exact) mass is 369 g/mol. The van der Waals surface area contributed by atoms with E-state index >= 15 is 0 Å². The molecule has 5 nitrogen and oxygen atoms in total. The van der Waals surface area contributed by atoms with Gasteiger partial charge in [0.05, 0.1) is 19.4 Å². The van der Waals surface area contributed by atoms with E-state index in [9.17, 15) is 5.11 Å². The number of ether oxygens (including phenoxy) is 1. The van der Waals surface area contributed by atoms with Crippen molar-refractivity contribution in [1.29, 1.82) is 0 Å². The second kappa shape index (κ2) is 8.93. The Labute approximate surface area is 160 Å². The molecule has 1 N–H and O–H groups in total. The molecule has 3 rings (SSSR count). The Bertz CT molecular complexity index is 838. The Kier molecular flexibility index (Phi) is 6.37. The Morgan fingerprint density at radius 1 is 1.04 bits per heavy atom. The molecule has 1 atom stereocenters. The summed E-state index contributed by atoms with van der Waals surface area (Å²) in [4.78, 5) is 2.09. The highest BCUT2D eigenvalue weighted by molar-refractivity contribution is 5.35. The maximum Gasteiger partial charge on any atom is 0.122 e. The second-order valence-corrected chi connectivity index (χ2v) is 7.00. The van der Waals surface area contributed by atoms with Crippen LogP contribution in [-0.2, 0) is 13.1 Å². The van der Waals surface area contributed by atoms with E-state index in [0.717, 1.165) is 28.6 Å². The zero-order chi connectivity index (χ0) is 19.2. The third kappa shape index (κ3) is 5.74. The van der Waals surface area contributed by atoms with Crippen molar-refractivity contribution in [1.82, 2.24) is 4.90 Å². The molecule has 1 unspecified atom stereocenters. The van der Waals surface area contributed by atoms with E-state index in [0.29, 0.717) is 19.6 Å². The molecular formula is C22H27NO4. The van der Waals surface area contributed by atoms with Crippen molar-refractivity contribution < 1.29 is 18.7 Å². The maximum absolute atomic E-state index is 10.5. The summed E-state index contributed by atoms with van der Waals surface area (Å²) in [6, 6.07) is 13.7. The summed E-state index contributed by atoms with van der Waals surface area (Å²) in [5.74, 6) is 3.39. The molecule has 0 spiro atoms. The maximum atomic E-state index is 10.5. The minimum Gasteiger partial charge on any atom is -0.491 e. The summed E-state index contributed by atoms with van der Waals surface area (Å²) in [7, 11) is 0. The van der Waals surface area contributed by atoms with Crippen LogP contribution in [0.25, 0.3) is 0 Å². The second-order valence-electron chi connectivity index (χ2n) is 7.00. The quantitative estimate of drug-likeness (QED) is 0.611. The van der Waals surface area contributed by atoms with Gasteiger partial charge in [-0.05, 0) is 56.7 Å². The van der Waals surface area contributed by atoms with Crippen molar-refractivity contribution >= 4 is 0 Å². The van der Waals surface area contributed by atoms with Crippen LogP contribution in [0.15, 0.2) is 57.6 Å². The minimum absolute atomic E-state index is 0.232. The van der Waals surface area contributed by atoms with Crippen molar-refractivity contribution in [3.05, 3.63) is 77.1 Å². The van der Waals surface area contributed by atoms with Gasteiger partial charge in [0.2, 0.25) is 0 Å². The van der Waals surface area contributed by atoms with Gasteiger partial charge in [-0.2, -0.15) is 0 Å². The van der Waals surface area contributed by atoms with Gasteiger partial charge in [-0.3, -0.25) is 4.90 Å². The van der Waals surface area contributed by atoms with Crippen LogP contribution in [0.5, 0.6) is 5.75 Å². The topological polar surface area (TPSA) is 59.0 Å². The smallest absolute Gasteiger partial charge is 0.122 e. The lowest BCUT2D eigenvalue weighted by molar-refractivity contribution is 0.0577. The van der Waals surface area contributed by atoms with Crippen molar-refractivity contribution in [3.8, 4) is 5.75 Å². The fourth-order valence-electron chi connectivity index (χ4n) is 3.10. The summed E-state index contributed by atoms with van der Waals surface area (Å²) in [6.45, 7) is 7.85. The van der Waals surface area contributed by atoms with E-state index in [-0.39, 0.29) is 6.61 Å². The summed E-state index contributed by atoms with van der Waals surface area (Å²) in [5, 5.41) is 10.5.